The van der Waals surface area contributed by atoms with Gasteiger partial charge in [0.15, 0.2) is 17.5 Å². The summed E-state index contributed by atoms with van der Waals surface area (Å²) < 4.78 is 17.6. The summed E-state index contributed by atoms with van der Waals surface area (Å²) in [7, 11) is 4.10. The number of urea groups is 3. The number of ether oxygens (including phenoxy) is 3. The van der Waals surface area contributed by atoms with Crippen LogP contribution in [-0.2, 0) is 6.42 Å². The fourth-order valence-electron chi connectivity index (χ4n) is 12.6. The third kappa shape index (κ3) is 14.5. The van der Waals surface area contributed by atoms with Crippen LogP contribution in [0.4, 0.5) is 66.0 Å². The number of rotatable bonds is 16. The van der Waals surface area contributed by atoms with Crippen molar-refractivity contribution in [3.05, 3.63) is 227 Å². The Balaban J connectivity index is 0.000000124. The van der Waals surface area contributed by atoms with Gasteiger partial charge in [-0.15, -0.1) is 34.0 Å². The predicted octanol–water partition coefficient (Wildman–Crippen LogP) is 14.1. The summed E-state index contributed by atoms with van der Waals surface area (Å²) in [5, 5.41) is 15.5. The van der Waals surface area contributed by atoms with Gasteiger partial charge in [0.2, 0.25) is 0 Å². The van der Waals surface area contributed by atoms with Crippen molar-refractivity contribution in [3.63, 3.8) is 0 Å². The molecule has 108 heavy (non-hydrogen) atoms. The highest BCUT2D eigenvalue weighted by molar-refractivity contribution is 7.22. The minimum Gasteiger partial charge on any atom is -0.457 e. The van der Waals surface area contributed by atoms with E-state index >= 15 is 0 Å². The monoisotopic (exact) mass is 1500 g/mol. The largest absolute Gasteiger partial charge is 0.457 e. The Kier molecular flexibility index (Phi) is 19.7. The number of hydrazine groups is 1. The fraction of sp³-hybridized carbons (Fsp3) is 0.156. The number of pyridine rings is 1. The molecule has 2 fully saturated rings. The molecule has 0 radical (unpaired) electrons. The Morgan fingerprint density at radius 3 is 1.17 bits per heavy atom. The molecule has 5 N–H and O–H groups in total. The lowest BCUT2D eigenvalue weighted by molar-refractivity contribution is 0.0662. The van der Waals surface area contributed by atoms with Crippen LogP contribution < -0.4 is 55.6 Å². The molecule has 7 aromatic heterocycles. The summed E-state index contributed by atoms with van der Waals surface area (Å²) >= 11 is 3.75. The molecule has 12 heterocycles. The molecule has 31 heteroatoms. The Bertz CT molecular complexity index is 5520. The Labute approximate surface area is 628 Å². The Morgan fingerprint density at radius 1 is 0.407 bits per heavy atom. The van der Waals surface area contributed by atoms with Crippen molar-refractivity contribution < 1.29 is 43.0 Å². The smallest absolute Gasteiger partial charge is 0.332 e. The number of thiophene rings is 3. The van der Waals surface area contributed by atoms with Crippen LogP contribution in [0, 0.1) is 0 Å². The average Bonchev–Trinajstić information content (AvgIpc) is 1.60. The molecule has 2 saturated heterocycles. The molecule has 9 amide bonds. The van der Waals surface area contributed by atoms with E-state index < -0.39 is 12.1 Å². The molecule has 28 nitrogen and oxygen atoms in total. The van der Waals surface area contributed by atoms with Gasteiger partial charge in [-0.05, 0) is 135 Å². The van der Waals surface area contributed by atoms with E-state index in [1.54, 1.807) is 79.0 Å². The van der Waals surface area contributed by atoms with E-state index in [1.807, 2.05) is 126 Å². The van der Waals surface area contributed by atoms with Gasteiger partial charge in [-0.3, -0.25) is 24.8 Å². The zero-order chi connectivity index (χ0) is 73.8. The second-order valence-corrected chi connectivity index (χ2v) is 28.2. The van der Waals surface area contributed by atoms with Gasteiger partial charge < -0.3 is 50.2 Å². The standard InChI is InChI=1S/C27H20N6O3S.C25H23N7O3S.C25H22N6O3S/c34-25(29-15-13-17-6-4-5-14-28-17)23-22-21-24(30-16-31-26(21)37-23)33(27(35)32-22)18-9-11-20(12-10-18)36-19-7-2-1-3-8-19;1-30-11-13-31(14-12-30)29-23(33)21-20-19-22(26-15-27-24(19)36-21)32(25(34)28-20)16-7-9-18(10-8-16)35-17-5-3-2-4-6-17;1-29-11-13-30(14-12-29)24(32)21-20-19-22(26-15-27-23(19)35-21)31(25(33)28-20)16-7-9-18(10-8-16)34-17-5-3-2-4-6-17/h1-12,14,16H,13,15H2,(H,29,34)(H,32,35);2-10,15H,11-14H2,1H3,(H,28,34)(H,29,33);2-10,15H,11-14H2,1H3,(H,28,33). The number of nitrogens with one attached hydrogen (secondary N) is 5. The van der Waals surface area contributed by atoms with Gasteiger partial charge >= 0.3 is 18.1 Å². The average molecular weight is 1500 g/mol. The first-order chi connectivity index (χ1) is 52.8. The summed E-state index contributed by atoms with van der Waals surface area (Å²) in [4.78, 5) is 124. The molecule has 0 bridgehead atoms. The second kappa shape index (κ2) is 30.7. The quantitative estimate of drug-likeness (QED) is 0.0600. The number of hydrogen-bond acceptors (Lipinski definition) is 22. The van der Waals surface area contributed by atoms with Crippen LogP contribution in [0.15, 0.2) is 207 Å². The van der Waals surface area contributed by atoms with Crippen molar-refractivity contribution in [2.45, 2.75) is 6.42 Å². The Morgan fingerprint density at radius 2 is 0.769 bits per heavy atom. The summed E-state index contributed by atoms with van der Waals surface area (Å²) in [6, 6.07) is 54.5. The van der Waals surface area contributed by atoms with Crippen molar-refractivity contribution >= 4 is 152 Å². The van der Waals surface area contributed by atoms with Crippen LogP contribution in [0.25, 0.3) is 30.6 Å². The first-order valence-electron chi connectivity index (χ1n) is 34.4. The van der Waals surface area contributed by atoms with Gasteiger partial charge in [0.25, 0.3) is 17.7 Å². The molecule has 540 valence electrons. The molecule has 0 spiro atoms. The van der Waals surface area contributed by atoms with E-state index in [0.29, 0.717) is 140 Å². The molecular weight excluding hydrogens is 1430 g/mol. The topological polar surface area (TPSA) is 303 Å². The summed E-state index contributed by atoms with van der Waals surface area (Å²) in [6.07, 6.45) is 6.57. The minimum atomic E-state index is -0.412. The summed E-state index contributed by atoms with van der Waals surface area (Å²) in [6.45, 7) is 6.57. The number of carbonyl (C=O) groups is 6. The molecule has 0 aliphatic carbocycles. The van der Waals surface area contributed by atoms with Crippen molar-refractivity contribution in [3.8, 4) is 34.5 Å². The number of anilines is 9. The van der Waals surface area contributed by atoms with Crippen LogP contribution in [0.2, 0.25) is 0 Å². The molecule has 13 aromatic rings. The maximum absolute atomic E-state index is 13.3. The van der Waals surface area contributed by atoms with Crippen LogP contribution in [0.1, 0.15) is 34.7 Å². The fourth-order valence-corrected chi connectivity index (χ4v) is 15.7. The molecule has 0 atom stereocenters. The van der Waals surface area contributed by atoms with E-state index in [9.17, 15) is 28.8 Å². The lowest BCUT2D eigenvalue weighted by Crippen LogP contribution is -2.52. The predicted molar refractivity (Wildman–Crippen MR) is 415 cm³/mol. The van der Waals surface area contributed by atoms with Crippen LogP contribution in [0.3, 0.4) is 0 Å². The molecule has 18 rings (SSSR count). The Hall–Kier alpha value is -12.9. The SMILES string of the molecule is CN1CCN(C(=O)c2sc3ncnc4c3c2NC(=O)N4c2ccc(Oc3ccccc3)cc2)CC1.CN1CCN(NC(=O)c2sc3ncnc4c3c2NC(=O)N4c2ccc(Oc3ccccc3)cc2)CC1.O=C(NCCc1ccccn1)c1sc2ncnc3c2c1NC(=O)N3c1ccc(Oc2ccccc2)cc1. The van der Waals surface area contributed by atoms with E-state index in [0.717, 1.165) is 62.2 Å². The van der Waals surface area contributed by atoms with Gasteiger partial charge in [0.1, 0.15) is 82.6 Å². The maximum Gasteiger partial charge on any atom is 0.332 e. The van der Waals surface area contributed by atoms with Crippen LogP contribution in [-0.4, -0.2) is 163 Å². The molecule has 0 unspecified atom stereocenters. The highest BCUT2D eigenvalue weighted by Crippen LogP contribution is 2.49. The van der Waals surface area contributed by atoms with Crippen molar-refractivity contribution in [1.82, 2.24) is 65.3 Å². The number of para-hydroxylation sites is 3. The highest BCUT2D eigenvalue weighted by atomic mass is 32.1. The van der Waals surface area contributed by atoms with Gasteiger partial charge in [0, 0.05) is 77.2 Å². The maximum atomic E-state index is 13.3. The normalized spacial score (nSPS) is 14.7. The number of nitrogens with zero attached hydrogens (tertiary/aromatic N) is 14. The van der Waals surface area contributed by atoms with E-state index in [4.69, 9.17) is 14.2 Å². The van der Waals surface area contributed by atoms with Crippen molar-refractivity contribution in [2.75, 3.05) is 104 Å². The summed E-state index contributed by atoms with van der Waals surface area (Å²) in [5.41, 5.74) is 7.08. The number of aromatic nitrogens is 7. The number of benzene rings is 6. The number of carbonyl (C=O) groups excluding carboxylic acids is 6. The molecule has 6 aromatic carbocycles. The van der Waals surface area contributed by atoms with Gasteiger partial charge in [-0.2, -0.15) is 0 Å². The number of amides is 9. The number of piperazine rings is 2. The minimum absolute atomic E-state index is 0.0850. The lowest BCUT2D eigenvalue weighted by atomic mass is 10.2. The summed E-state index contributed by atoms with van der Waals surface area (Å²) in [5.74, 6) is 4.80. The first-order valence-corrected chi connectivity index (χ1v) is 36.8. The van der Waals surface area contributed by atoms with E-state index in [-0.39, 0.29) is 23.8 Å². The molecule has 5 aliphatic heterocycles. The van der Waals surface area contributed by atoms with E-state index in [2.05, 4.69) is 78.4 Å². The highest BCUT2D eigenvalue weighted by Gasteiger charge is 2.38. The van der Waals surface area contributed by atoms with Crippen molar-refractivity contribution in [2.24, 2.45) is 0 Å². The lowest BCUT2D eigenvalue weighted by Gasteiger charge is -2.32. The third-order valence-electron chi connectivity index (χ3n) is 18.1. The van der Waals surface area contributed by atoms with Gasteiger partial charge in [-0.1, -0.05) is 60.7 Å². The zero-order valence-electron chi connectivity index (χ0n) is 57.9. The molecular formula is C77H65N19O9S3. The van der Waals surface area contributed by atoms with Crippen LogP contribution >= 0.6 is 34.0 Å². The second-order valence-electron chi connectivity index (χ2n) is 25.2. The number of likely N-dealkylation sites (N-methyl/N-ethyl adjacent to an activating group) is 2. The molecule has 5 aliphatic rings. The van der Waals surface area contributed by atoms with Gasteiger partial charge in [0.05, 0.1) is 50.3 Å². The third-order valence-corrected chi connectivity index (χ3v) is 21.4. The zero-order valence-corrected chi connectivity index (χ0v) is 60.3. The van der Waals surface area contributed by atoms with Crippen molar-refractivity contribution in [1.29, 1.82) is 0 Å². The molecule has 0 saturated carbocycles. The van der Waals surface area contributed by atoms with E-state index in [1.165, 1.54) is 67.7 Å². The van der Waals surface area contributed by atoms with Gasteiger partial charge in [-0.25, -0.2) is 64.0 Å². The van der Waals surface area contributed by atoms with Crippen LogP contribution in [0.5, 0.6) is 34.5 Å². The first kappa shape index (κ1) is 69.5. The number of hydrogen-bond donors (Lipinski definition) is 5.